The lowest BCUT2D eigenvalue weighted by atomic mass is 10.00. The van der Waals surface area contributed by atoms with E-state index in [1.54, 1.807) is 6.07 Å². The Bertz CT molecular complexity index is 494. The molecule has 0 bridgehead atoms. The second-order valence-electron chi connectivity index (χ2n) is 4.78. The third-order valence-electron chi connectivity index (χ3n) is 3.41. The molecule has 1 aliphatic carbocycles. The summed E-state index contributed by atoms with van der Waals surface area (Å²) in [4.78, 5) is 0. The average molecular weight is 270 g/mol. The van der Waals surface area contributed by atoms with Gasteiger partial charge in [0.05, 0.1) is 0 Å². The van der Waals surface area contributed by atoms with Gasteiger partial charge in [0, 0.05) is 6.04 Å². The van der Waals surface area contributed by atoms with Crippen molar-refractivity contribution in [3.63, 3.8) is 0 Å². The van der Waals surface area contributed by atoms with Crippen LogP contribution in [-0.2, 0) is 10.0 Å². The van der Waals surface area contributed by atoms with Gasteiger partial charge in [0.1, 0.15) is 5.82 Å². The van der Waals surface area contributed by atoms with Crippen LogP contribution in [0.25, 0.3) is 0 Å². The number of hydrogen-bond donors (Lipinski definition) is 2. The molecular weight excluding hydrogens is 252 g/mol. The Morgan fingerprint density at radius 2 is 2.00 bits per heavy atom. The van der Waals surface area contributed by atoms with Gasteiger partial charge in [-0.1, -0.05) is 12.8 Å². The second-order valence-corrected chi connectivity index (χ2v) is 6.29. The molecule has 1 heterocycles. The number of nitrogens with zero attached hydrogens (tertiary/aromatic N) is 2. The first kappa shape index (κ1) is 13.2. The molecule has 2 rings (SSSR count). The number of aromatic nitrogens is 2. The van der Waals surface area contributed by atoms with Gasteiger partial charge >= 0.3 is 0 Å². The minimum atomic E-state index is -3.77. The highest BCUT2D eigenvalue weighted by atomic mass is 32.2. The number of primary sulfonamides is 1. The lowest BCUT2D eigenvalue weighted by molar-refractivity contribution is 0.480. The van der Waals surface area contributed by atoms with Crippen molar-refractivity contribution in [3.8, 4) is 0 Å². The van der Waals surface area contributed by atoms with E-state index in [9.17, 15) is 8.42 Å². The van der Waals surface area contributed by atoms with Crippen LogP contribution < -0.4 is 10.5 Å². The summed E-state index contributed by atoms with van der Waals surface area (Å²) in [6.45, 7) is 2.12. The second kappa shape index (κ2) is 5.19. The molecular formula is C11H18N4O2S. The van der Waals surface area contributed by atoms with E-state index in [1.807, 2.05) is 0 Å². The average Bonchev–Trinajstić information content (AvgIpc) is 2.82. The van der Waals surface area contributed by atoms with Crippen molar-refractivity contribution in [2.45, 2.75) is 43.7 Å². The molecule has 1 aromatic heterocycles. The summed E-state index contributed by atoms with van der Waals surface area (Å²) in [6.07, 6.45) is 5.03. The number of hydrogen-bond acceptors (Lipinski definition) is 5. The van der Waals surface area contributed by atoms with Gasteiger partial charge < -0.3 is 5.32 Å². The van der Waals surface area contributed by atoms with Gasteiger partial charge in [-0.15, -0.1) is 10.2 Å². The van der Waals surface area contributed by atoms with E-state index in [1.165, 1.54) is 31.7 Å². The first-order chi connectivity index (χ1) is 8.47. The fourth-order valence-electron chi connectivity index (χ4n) is 2.36. The highest BCUT2D eigenvalue weighted by molar-refractivity contribution is 7.89. The molecule has 1 fully saturated rings. The topological polar surface area (TPSA) is 98.0 Å². The Morgan fingerprint density at radius 1 is 1.33 bits per heavy atom. The molecule has 0 amide bonds. The fourth-order valence-corrected chi connectivity index (χ4v) is 2.77. The van der Waals surface area contributed by atoms with Gasteiger partial charge in [0.25, 0.3) is 10.0 Å². The van der Waals surface area contributed by atoms with Crippen molar-refractivity contribution in [3.05, 3.63) is 12.1 Å². The van der Waals surface area contributed by atoms with E-state index in [0.717, 1.165) is 0 Å². The highest BCUT2D eigenvalue weighted by Gasteiger charge is 2.21. The standard InChI is InChI=1S/C11H18N4O2S/c1-8(9-4-2-3-5-9)13-10-6-7-11(15-14-10)18(12,16)17/h6-9H,2-5H2,1H3,(H,13,14)(H2,12,16,17)/t8-/m0/s1. The first-order valence-electron chi connectivity index (χ1n) is 6.10. The van der Waals surface area contributed by atoms with Crippen LogP contribution in [-0.4, -0.2) is 24.7 Å². The van der Waals surface area contributed by atoms with Crippen LogP contribution in [0.2, 0.25) is 0 Å². The van der Waals surface area contributed by atoms with Gasteiger partial charge in [-0.3, -0.25) is 0 Å². The quantitative estimate of drug-likeness (QED) is 0.854. The zero-order valence-corrected chi connectivity index (χ0v) is 11.2. The maximum absolute atomic E-state index is 11.0. The van der Waals surface area contributed by atoms with Crippen LogP contribution >= 0.6 is 0 Å². The molecule has 100 valence electrons. The fraction of sp³-hybridized carbons (Fsp3) is 0.636. The molecule has 18 heavy (non-hydrogen) atoms. The molecule has 6 nitrogen and oxygen atoms in total. The van der Waals surface area contributed by atoms with Crippen LogP contribution in [0.1, 0.15) is 32.6 Å². The van der Waals surface area contributed by atoms with Gasteiger partial charge in [-0.05, 0) is 37.8 Å². The molecule has 3 N–H and O–H groups in total. The van der Waals surface area contributed by atoms with Crippen molar-refractivity contribution < 1.29 is 8.42 Å². The van der Waals surface area contributed by atoms with Crippen LogP contribution in [0.5, 0.6) is 0 Å². The largest absolute Gasteiger partial charge is 0.366 e. The predicted molar refractivity (Wildman–Crippen MR) is 68.4 cm³/mol. The first-order valence-corrected chi connectivity index (χ1v) is 7.64. The SMILES string of the molecule is C[C@H](Nc1ccc(S(N)(=O)=O)nn1)C1CCCC1. The Kier molecular flexibility index (Phi) is 3.82. The number of anilines is 1. The Labute approximate surface area is 107 Å². The van der Waals surface area contributed by atoms with Gasteiger partial charge in [0.15, 0.2) is 5.03 Å². The molecule has 1 aliphatic rings. The molecule has 0 saturated heterocycles. The monoisotopic (exact) mass is 270 g/mol. The lowest BCUT2D eigenvalue weighted by Gasteiger charge is -2.20. The number of nitrogens with one attached hydrogen (secondary N) is 1. The summed E-state index contributed by atoms with van der Waals surface area (Å²) in [7, 11) is -3.77. The minimum absolute atomic E-state index is 0.207. The van der Waals surface area contributed by atoms with Crippen LogP contribution in [0, 0.1) is 5.92 Å². The zero-order valence-electron chi connectivity index (χ0n) is 10.3. The number of nitrogens with two attached hydrogens (primary N) is 1. The lowest BCUT2D eigenvalue weighted by Crippen LogP contribution is -2.24. The number of rotatable bonds is 4. The van der Waals surface area contributed by atoms with E-state index in [-0.39, 0.29) is 5.03 Å². The summed E-state index contributed by atoms with van der Waals surface area (Å²) >= 11 is 0. The minimum Gasteiger partial charge on any atom is -0.366 e. The van der Waals surface area contributed by atoms with Crippen molar-refractivity contribution in [2.24, 2.45) is 11.1 Å². The van der Waals surface area contributed by atoms with E-state index in [4.69, 9.17) is 5.14 Å². The number of sulfonamides is 1. The molecule has 0 unspecified atom stereocenters. The van der Waals surface area contributed by atoms with Crippen molar-refractivity contribution in [2.75, 3.05) is 5.32 Å². The third kappa shape index (κ3) is 3.17. The van der Waals surface area contributed by atoms with Gasteiger partial charge in [0.2, 0.25) is 0 Å². The van der Waals surface area contributed by atoms with Crippen LogP contribution in [0.4, 0.5) is 5.82 Å². The Balaban J connectivity index is 2.02. The zero-order chi connectivity index (χ0) is 13.2. The van der Waals surface area contributed by atoms with Gasteiger partial charge in [-0.25, -0.2) is 13.6 Å². The predicted octanol–water partition coefficient (Wildman–Crippen LogP) is 1.11. The molecule has 0 aromatic carbocycles. The summed E-state index contributed by atoms with van der Waals surface area (Å²) in [5.41, 5.74) is 0. The van der Waals surface area contributed by atoms with Gasteiger partial charge in [-0.2, -0.15) is 0 Å². The Morgan fingerprint density at radius 3 is 2.50 bits per heavy atom. The molecule has 0 aliphatic heterocycles. The van der Waals surface area contributed by atoms with Crippen molar-refractivity contribution in [1.82, 2.24) is 10.2 Å². The molecule has 7 heteroatoms. The summed E-state index contributed by atoms with van der Waals surface area (Å²) in [5, 5.41) is 15.4. The van der Waals surface area contributed by atoms with Crippen LogP contribution in [0.15, 0.2) is 17.2 Å². The van der Waals surface area contributed by atoms with E-state index in [0.29, 0.717) is 17.8 Å². The maximum atomic E-state index is 11.0. The van der Waals surface area contributed by atoms with E-state index < -0.39 is 10.0 Å². The highest BCUT2D eigenvalue weighted by Crippen LogP contribution is 2.28. The summed E-state index contributed by atoms with van der Waals surface area (Å²) in [5.74, 6) is 1.24. The van der Waals surface area contributed by atoms with E-state index in [2.05, 4.69) is 22.4 Å². The molecule has 1 atom stereocenters. The molecule has 0 spiro atoms. The smallest absolute Gasteiger partial charge is 0.257 e. The molecule has 0 radical (unpaired) electrons. The van der Waals surface area contributed by atoms with Crippen molar-refractivity contribution >= 4 is 15.8 Å². The summed E-state index contributed by atoms with van der Waals surface area (Å²) < 4.78 is 22.1. The van der Waals surface area contributed by atoms with Crippen molar-refractivity contribution in [1.29, 1.82) is 0 Å². The normalized spacial score (nSPS) is 18.8. The molecule has 1 aromatic rings. The maximum Gasteiger partial charge on any atom is 0.257 e. The summed E-state index contributed by atoms with van der Waals surface area (Å²) in [6, 6.07) is 3.28. The Hall–Kier alpha value is -1.21. The third-order valence-corrected chi connectivity index (χ3v) is 4.21. The van der Waals surface area contributed by atoms with Crippen LogP contribution in [0.3, 0.4) is 0 Å². The molecule has 1 saturated carbocycles. The van der Waals surface area contributed by atoms with E-state index >= 15 is 0 Å².